The number of amides is 5. The van der Waals surface area contributed by atoms with Crippen molar-refractivity contribution in [3.8, 4) is 5.75 Å². The molecule has 0 bridgehead atoms. The summed E-state index contributed by atoms with van der Waals surface area (Å²) in [5.41, 5.74) is 0.0554. The summed E-state index contributed by atoms with van der Waals surface area (Å²) in [5.74, 6) is -1.29. The van der Waals surface area contributed by atoms with Crippen LogP contribution in [0.15, 0.2) is 42.7 Å². The van der Waals surface area contributed by atoms with Crippen molar-refractivity contribution in [2.75, 3.05) is 36.7 Å². The number of carbonyl (C=O) groups is 4. The summed E-state index contributed by atoms with van der Waals surface area (Å²) < 4.78 is 19.6. The number of para-hydroxylation sites is 1. The Morgan fingerprint density at radius 2 is 1.78 bits per heavy atom. The zero-order valence-electron chi connectivity index (χ0n) is 26.2. The Labute approximate surface area is 260 Å². The minimum atomic E-state index is -0.856. The molecule has 2 heterocycles. The van der Waals surface area contributed by atoms with Crippen molar-refractivity contribution in [3.63, 3.8) is 0 Å². The van der Waals surface area contributed by atoms with Gasteiger partial charge in [0.05, 0.1) is 30.0 Å². The molecular formula is C31H39FN8O5. The standard InChI is InChI=1S/C31H39FN8O5/c1-17(33-5)27(41)38-25(31(2,3)4)29(43)40-13-9-12-23(40)28(42)36-22-14-18-21(15-24(22)45-6)34-16-35-26(18)39-30(44)37-20-11-8-7-10-19(20)32/h7-8,10-11,14-17,23,25,33H,9,12-13H2,1-6H3,(H,36,42)(H,38,41)(H2,34,35,37,39,44)/t17-,23?,25+/m0/s1. The van der Waals surface area contributed by atoms with Crippen LogP contribution in [0.4, 0.5) is 26.4 Å². The second kappa shape index (κ2) is 13.8. The largest absolute Gasteiger partial charge is 0.494 e. The van der Waals surface area contributed by atoms with Crippen LogP contribution in [0.25, 0.3) is 10.9 Å². The molecule has 1 aliphatic heterocycles. The maximum absolute atomic E-state index is 14.0. The number of nitrogens with one attached hydrogen (secondary N) is 5. The molecular weight excluding hydrogens is 583 g/mol. The van der Waals surface area contributed by atoms with Gasteiger partial charge in [-0.3, -0.25) is 19.7 Å². The van der Waals surface area contributed by atoms with Gasteiger partial charge in [0.15, 0.2) is 0 Å². The highest BCUT2D eigenvalue weighted by Gasteiger charge is 2.42. The van der Waals surface area contributed by atoms with Crippen molar-refractivity contribution in [1.29, 1.82) is 0 Å². The number of methoxy groups -OCH3 is 1. The first kappa shape index (κ1) is 33.1. The van der Waals surface area contributed by atoms with Gasteiger partial charge in [0.25, 0.3) is 0 Å². The van der Waals surface area contributed by atoms with Gasteiger partial charge in [0.2, 0.25) is 17.7 Å². The fourth-order valence-corrected chi connectivity index (χ4v) is 5.01. The number of anilines is 3. The lowest BCUT2D eigenvalue weighted by atomic mass is 9.85. The fraction of sp³-hybridized carbons (Fsp3) is 0.419. The summed E-state index contributed by atoms with van der Waals surface area (Å²) in [5, 5.41) is 14.0. The summed E-state index contributed by atoms with van der Waals surface area (Å²) >= 11 is 0. The number of likely N-dealkylation sites (tertiary alicyclic amines) is 1. The van der Waals surface area contributed by atoms with Gasteiger partial charge in [-0.15, -0.1) is 0 Å². The Morgan fingerprint density at radius 3 is 2.44 bits per heavy atom. The number of aromatic nitrogens is 2. The summed E-state index contributed by atoms with van der Waals surface area (Å²) in [4.78, 5) is 62.8. The Kier molecular flexibility index (Phi) is 10.2. The first-order chi connectivity index (χ1) is 21.3. The molecule has 3 atom stereocenters. The highest BCUT2D eigenvalue weighted by atomic mass is 19.1. The van der Waals surface area contributed by atoms with Crippen LogP contribution < -0.4 is 31.3 Å². The van der Waals surface area contributed by atoms with E-state index >= 15 is 0 Å². The van der Waals surface area contributed by atoms with Crippen LogP contribution in [0.2, 0.25) is 0 Å². The molecule has 240 valence electrons. The van der Waals surface area contributed by atoms with E-state index < -0.39 is 41.3 Å². The molecule has 1 saturated heterocycles. The maximum atomic E-state index is 14.0. The van der Waals surface area contributed by atoms with E-state index in [0.717, 1.165) is 0 Å². The van der Waals surface area contributed by atoms with Crippen LogP contribution in [0.1, 0.15) is 40.5 Å². The van der Waals surface area contributed by atoms with E-state index in [0.29, 0.717) is 36.0 Å². The Morgan fingerprint density at radius 1 is 1.04 bits per heavy atom. The molecule has 1 aliphatic rings. The molecule has 1 fully saturated rings. The van der Waals surface area contributed by atoms with Crippen LogP contribution in [-0.4, -0.2) is 77.4 Å². The van der Waals surface area contributed by atoms with Gasteiger partial charge in [-0.25, -0.2) is 19.2 Å². The molecule has 2 aromatic carbocycles. The first-order valence-electron chi connectivity index (χ1n) is 14.6. The third kappa shape index (κ3) is 7.63. The van der Waals surface area contributed by atoms with Gasteiger partial charge in [0, 0.05) is 18.0 Å². The van der Waals surface area contributed by atoms with Gasteiger partial charge in [-0.05, 0) is 50.4 Å². The zero-order valence-corrected chi connectivity index (χ0v) is 26.2. The molecule has 1 unspecified atom stereocenters. The number of rotatable bonds is 9. The van der Waals surface area contributed by atoms with Gasteiger partial charge in [0.1, 0.15) is 35.8 Å². The van der Waals surface area contributed by atoms with Gasteiger partial charge in [-0.1, -0.05) is 32.9 Å². The summed E-state index contributed by atoms with van der Waals surface area (Å²) in [7, 11) is 3.10. The van der Waals surface area contributed by atoms with E-state index in [-0.39, 0.29) is 29.0 Å². The number of likely N-dealkylation sites (N-methyl/N-ethyl adjacent to an activating group) is 1. The van der Waals surface area contributed by atoms with Crippen molar-refractivity contribution in [2.45, 2.75) is 58.7 Å². The quantitative estimate of drug-likeness (QED) is 0.242. The van der Waals surface area contributed by atoms with Crippen molar-refractivity contribution < 1.29 is 28.3 Å². The number of carbonyl (C=O) groups excluding carboxylic acids is 4. The number of benzene rings is 2. The number of halogens is 1. The number of ether oxygens (including phenoxy) is 1. The normalized spacial score (nSPS) is 16.1. The molecule has 45 heavy (non-hydrogen) atoms. The third-order valence-corrected chi connectivity index (χ3v) is 7.63. The van der Waals surface area contributed by atoms with Crippen molar-refractivity contribution in [2.24, 2.45) is 5.41 Å². The average molecular weight is 623 g/mol. The Balaban J connectivity index is 1.57. The van der Waals surface area contributed by atoms with E-state index in [1.807, 2.05) is 20.8 Å². The Bertz CT molecular complexity index is 1590. The van der Waals surface area contributed by atoms with Crippen LogP contribution in [0.3, 0.4) is 0 Å². The van der Waals surface area contributed by atoms with Crippen LogP contribution >= 0.6 is 0 Å². The van der Waals surface area contributed by atoms with E-state index in [2.05, 4.69) is 36.6 Å². The number of fused-ring (bicyclic) bond motifs is 1. The van der Waals surface area contributed by atoms with Crippen LogP contribution in [0, 0.1) is 11.2 Å². The molecule has 3 aromatic rings. The molecule has 5 N–H and O–H groups in total. The lowest BCUT2D eigenvalue weighted by Gasteiger charge is -2.36. The molecule has 0 radical (unpaired) electrons. The summed E-state index contributed by atoms with van der Waals surface area (Å²) in [6.07, 6.45) is 2.29. The predicted octanol–water partition coefficient (Wildman–Crippen LogP) is 3.49. The van der Waals surface area contributed by atoms with Gasteiger partial charge >= 0.3 is 6.03 Å². The zero-order chi connectivity index (χ0) is 32.9. The fourth-order valence-electron chi connectivity index (χ4n) is 5.01. The molecule has 1 aromatic heterocycles. The van der Waals surface area contributed by atoms with Gasteiger partial charge < -0.3 is 30.9 Å². The third-order valence-electron chi connectivity index (χ3n) is 7.63. The first-order valence-corrected chi connectivity index (χ1v) is 14.6. The summed E-state index contributed by atoms with van der Waals surface area (Å²) in [6.45, 7) is 7.62. The highest BCUT2D eigenvalue weighted by molar-refractivity contribution is 6.07. The topological polar surface area (TPSA) is 167 Å². The summed E-state index contributed by atoms with van der Waals surface area (Å²) in [6, 6.07) is 5.99. The Hall–Kier alpha value is -4.85. The molecule has 5 amide bonds. The molecule has 0 spiro atoms. The molecule has 0 aliphatic carbocycles. The molecule has 0 saturated carbocycles. The molecule has 4 rings (SSSR count). The van der Waals surface area contributed by atoms with E-state index in [9.17, 15) is 23.6 Å². The highest BCUT2D eigenvalue weighted by Crippen LogP contribution is 2.33. The minimum Gasteiger partial charge on any atom is -0.494 e. The lowest BCUT2D eigenvalue weighted by molar-refractivity contribution is -0.143. The van der Waals surface area contributed by atoms with E-state index in [1.165, 1.54) is 36.5 Å². The number of urea groups is 1. The van der Waals surface area contributed by atoms with Crippen molar-refractivity contribution in [3.05, 3.63) is 48.5 Å². The van der Waals surface area contributed by atoms with E-state index in [1.54, 1.807) is 32.2 Å². The lowest BCUT2D eigenvalue weighted by Crippen LogP contribution is -2.59. The van der Waals surface area contributed by atoms with Crippen LogP contribution in [0.5, 0.6) is 5.75 Å². The SMILES string of the molecule is CN[C@@H](C)C(=O)N[C@H](C(=O)N1CCCC1C(=O)Nc1cc2c(NC(=O)Nc3ccccc3F)ncnc2cc1OC)C(C)(C)C. The van der Waals surface area contributed by atoms with Gasteiger partial charge in [-0.2, -0.15) is 0 Å². The average Bonchev–Trinajstić information content (AvgIpc) is 3.50. The van der Waals surface area contributed by atoms with E-state index in [4.69, 9.17) is 4.74 Å². The number of hydrogen-bond acceptors (Lipinski definition) is 8. The second-order valence-electron chi connectivity index (χ2n) is 11.8. The van der Waals surface area contributed by atoms with Crippen molar-refractivity contribution >= 4 is 51.8 Å². The minimum absolute atomic E-state index is 0.0107. The van der Waals surface area contributed by atoms with Crippen molar-refractivity contribution in [1.82, 2.24) is 25.5 Å². The number of nitrogens with zero attached hydrogens (tertiary/aromatic N) is 3. The second-order valence-corrected chi connectivity index (χ2v) is 11.8. The predicted molar refractivity (Wildman–Crippen MR) is 168 cm³/mol. The monoisotopic (exact) mass is 622 g/mol. The number of hydrogen-bond donors (Lipinski definition) is 5. The van der Waals surface area contributed by atoms with Crippen LogP contribution in [-0.2, 0) is 14.4 Å². The smallest absolute Gasteiger partial charge is 0.324 e. The maximum Gasteiger partial charge on any atom is 0.324 e. The molecule has 13 nitrogen and oxygen atoms in total. The molecule has 14 heteroatoms.